The number of fused-ring (bicyclic) bond motifs is 1. The molecule has 1 spiro atoms. The highest BCUT2D eigenvalue weighted by molar-refractivity contribution is 6.08. The van der Waals surface area contributed by atoms with Gasteiger partial charge in [-0.15, -0.1) is 0 Å². The first-order valence-electron chi connectivity index (χ1n) is 10.6. The van der Waals surface area contributed by atoms with Gasteiger partial charge in [0.15, 0.2) is 17.1 Å². The number of benzene rings is 1. The average Bonchev–Trinajstić information content (AvgIpc) is 3.05. The number of nitrogens with zero attached hydrogens (tertiary/aromatic N) is 2. The molecule has 0 bridgehead atoms. The first kappa shape index (κ1) is 21.3. The number of pyridine rings is 1. The quantitative estimate of drug-likeness (QED) is 0.646. The van der Waals surface area contributed by atoms with Gasteiger partial charge in [0.05, 0.1) is 6.54 Å². The summed E-state index contributed by atoms with van der Waals surface area (Å²) in [5.74, 6) is -3.15. The van der Waals surface area contributed by atoms with Crippen molar-refractivity contribution in [1.29, 1.82) is 0 Å². The van der Waals surface area contributed by atoms with Crippen LogP contribution in [0.5, 0.6) is 11.6 Å². The van der Waals surface area contributed by atoms with Gasteiger partial charge in [-0.05, 0) is 11.6 Å². The van der Waals surface area contributed by atoms with Crippen LogP contribution in [0.2, 0.25) is 0 Å². The van der Waals surface area contributed by atoms with Crippen molar-refractivity contribution in [2.75, 3.05) is 19.8 Å². The van der Waals surface area contributed by atoms with Crippen LogP contribution >= 0.6 is 0 Å². The minimum Gasteiger partial charge on any atom is -0.484 e. The zero-order chi connectivity index (χ0) is 23.2. The number of aromatic nitrogens is 1. The van der Waals surface area contributed by atoms with Gasteiger partial charge in [0, 0.05) is 43.0 Å². The summed E-state index contributed by atoms with van der Waals surface area (Å²) in [5, 5.41) is 0. The van der Waals surface area contributed by atoms with Crippen LogP contribution in [0.3, 0.4) is 0 Å². The smallest absolute Gasteiger partial charge is 0.418 e. The van der Waals surface area contributed by atoms with E-state index < -0.39 is 48.7 Å². The van der Waals surface area contributed by atoms with Crippen LogP contribution in [0.15, 0.2) is 36.5 Å². The normalized spacial score (nSPS) is 20.6. The average molecular weight is 458 g/mol. The summed E-state index contributed by atoms with van der Waals surface area (Å²) < 4.78 is 43.4. The van der Waals surface area contributed by atoms with Crippen LogP contribution in [-0.2, 0) is 9.53 Å². The van der Waals surface area contributed by atoms with Gasteiger partial charge in [0.25, 0.3) is 11.8 Å². The molecular formula is C23H20F2N2O6. The molecule has 1 aliphatic carbocycles. The summed E-state index contributed by atoms with van der Waals surface area (Å²) in [4.78, 5) is 42.7. The fraction of sp³-hybridized carbons (Fsp3) is 0.391. The molecule has 1 aromatic carbocycles. The first-order chi connectivity index (χ1) is 15.8. The van der Waals surface area contributed by atoms with Gasteiger partial charge in [0.2, 0.25) is 5.92 Å². The standard InChI is InChI=1S/C23H20F2N2O6/c24-23(25)8-6-22(7-9-23)20(29)27(21(30)33-22)13-17(28)15-3-1-14(2-4-15)16-5-10-26-19-18(16)31-11-12-32-19/h1-5,10H,6-9,11-13H2. The van der Waals surface area contributed by atoms with Crippen molar-refractivity contribution in [2.45, 2.75) is 37.2 Å². The summed E-state index contributed by atoms with van der Waals surface area (Å²) in [6.07, 6.45) is -0.969. The molecule has 172 valence electrons. The molecule has 2 amide bonds. The Morgan fingerprint density at radius 1 is 1.00 bits per heavy atom. The second kappa shape index (κ2) is 7.79. The number of hydrogen-bond acceptors (Lipinski definition) is 7. The third-order valence-corrected chi connectivity index (χ3v) is 6.19. The van der Waals surface area contributed by atoms with E-state index in [1.165, 1.54) is 0 Å². The van der Waals surface area contributed by atoms with E-state index in [2.05, 4.69) is 4.98 Å². The Kier molecular flexibility index (Phi) is 5.02. The van der Waals surface area contributed by atoms with Crippen LogP contribution < -0.4 is 9.47 Å². The van der Waals surface area contributed by atoms with Gasteiger partial charge in [0.1, 0.15) is 13.2 Å². The third kappa shape index (κ3) is 3.79. The molecular weight excluding hydrogens is 438 g/mol. The van der Waals surface area contributed by atoms with Gasteiger partial charge >= 0.3 is 6.09 Å². The summed E-state index contributed by atoms with van der Waals surface area (Å²) in [6, 6.07) is 8.37. The monoisotopic (exact) mass is 458 g/mol. The Morgan fingerprint density at radius 2 is 1.70 bits per heavy atom. The summed E-state index contributed by atoms with van der Waals surface area (Å²) >= 11 is 0. The number of amides is 2. The van der Waals surface area contributed by atoms with Crippen molar-refractivity contribution in [3.8, 4) is 22.8 Å². The number of hydrogen-bond donors (Lipinski definition) is 0. The zero-order valence-electron chi connectivity index (χ0n) is 17.5. The Balaban J connectivity index is 1.30. The number of imide groups is 1. The maximum absolute atomic E-state index is 13.5. The van der Waals surface area contributed by atoms with Crippen molar-refractivity contribution in [3.63, 3.8) is 0 Å². The zero-order valence-corrected chi connectivity index (χ0v) is 17.5. The van der Waals surface area contributed by atoms with Crippen molar-refractivity contribution >= 4 is 17.8 Å². The van der Waals surface area contributed by atoms with E-state index in [9.17, 15) is 23.2 Å². The highest BCUT2D eigenvalue weighted by Gasteiger charge is 2.58. The van der Waals surface area contributed by atoms with Crippen LogP contribution in [0, 0.1) is 0 Å². The predicted molar refractivity (Wildman–Crippen MR) is 109 cm³/mol. The molecule has 33 heavy (non-hydrogen) atoms. The van der Waals surface area contributed by atoms with Gasteiger partial charge in [-0.3, -0.25) is 9.59 Å². The highest BCUT2D eigenvalue weighted by Crippen LogP contribution is 2.44. The lowest BCUT2D eigenvalue weighted by Gasteiger charge is -2.33. The number of alkyl halides is 2. The lowest BCUT2D eigenvalue weighted by Crippen LogP contribution is -2.47. The minimum absolute atomic E-state index is 0.258. The van der Waals surface area contributed by atoms with Crippen LogP contribution in [-0.4, -0.2) is 58.9 Å². The maximum Gasteiger partial charge on any atom is 0.418 e. The molecule has 5 rings (SSSR count). The SMILES string of the molecule is O=C(CN1C(=O)OC2(CCC(F)(F)CC2)C1=O)c1ccc(-c2ccnc3c2OCCO3)cc1. The summed E-state index contributed by atoms with van der Waals surface area (Å²) in [5.41, 5.74) is 0.226. The number of halogens is 2. The number of ketones is 1. The van der Waals surface area contributed by atoms with Gasteiger partial charge in [-0.1, -0.05) is 24.3 Å². The van der Waals surface area contributed by atoms with E-state index in [1.807, 2.05) is 0 Å². The summed E-state index contributed by atoms with van der Waals surface area (Å²) in [7, 11) is 0. The van der Waals surface area contributed by atoms with Gasteiger partial charge in [-0.25, -0.2) is 23.5 Å². The van der Waals surface area contributed by atoms with Gasteiger partial charge in [-0.2, -0.15) is 0 Å². The van der Waals surface area contributed by atoms with Crippen molar-refractivity contribution in [2.24, 2.45) is 0 Å². The lowest BCUT2D eigenvalue weighted by atomic mass is 9.82. The fourth-order valence-corrected chi connectivity index (χ4v) is 4.32. The molecule has 1 saturated heterocycles. The molecule has 8 nitrogen and oxygen atoms in total. The van der Waals surface area contributed by atoms with E-state index in [0.29, 0.717) is 29.7 Å². The molecule has 3 heterocycles. The molecule has 0 radical (unpaired) electrons. The molecule has 0 atom stereocenters. The Bertz CT molecular complexity index is 1120. The first-order valence-corrected chi connectivity index (χ1v) is 10.6. The maximum atomic E-state index is 13.5. The van der Waals surface area contributed by atoms with Crippen molar-refractivity contribution in [1.82, 2.24) is 9.88 Å². The molecule has 10 heteroatoms. The van der Waals surface area contributed by atoms with E-state index in [-0.39, 0.29) is 18.4 Å². The number of Topliss-reactive ketones (excluding diaryl/α,β-unsaturated/α-hetero) is 1. The van der Waals surface area contributed by atoms with Gasteiger partial charge < -0.3 is 14.2 Å². The second-order valence-corrected chi connectivity index (χ2v) is 8.30. The lowest BCUT2D eigenvalue weighted by molar-refractivity contribution is -0.146. The second-order valence-electron chi connectivity index (χ2n) is 8.30. The minimum atomic E-state index is -2.88. The molecule has 1 saturated carbocycles. The van der Waals surface area contributed by atoms with E-state index >= 15 is 0 Å². The topological polar surface area (TPSA) is 95.0 Å². The van der Waals surface area contributed by atoms with Crippen molar-refractivity contribution < 1.29 is 37.4 Å². The number of rotatable bonds is 4. The number of carbonyl (C=O) groups is 3. The Morgan fingerprint density at radius 3 is 2.42 bits per heavy atom. The Hall–Kier alpha value is -3.56. The molecule has 2 aromatic rings. The van der Waals surface area contributed by atoms with Crippen LogP contribution in [0.4, 0.5) is 13.6 Å². The van der Waals surface area contributed by atoms with E-state index in [4.69, 9.17) is 14.2 Å². The number of carbonyl (C=O) groups excluding carboxylic acids is 3. The predicted octanol–water partition coefficient (Wildman–Crippen LogP) is 3.63. The molecule has 1 aromatic heterocycles. The van der Waals surface area contributed by atoms with Crippen LogP contribution in [0.25, 0.3) is 11.1 Å². The van der Waals surface area contributed by atoms with E-state index in [0.717, 1.165) is 11.1 Å². The largest absolute Gasteiger partial charge is 0.484 e. The van der Waals surface area contributed by atoms with Crippen molar-refractivity contribution in [3.05, 3.63) is 42.1 Å². The molecule has 0 unspecified atom stereocenters. The highest BCUT2D eigenvalue weighted by atomic mass is 19.3. The van der Waals surface area contributed by atoms with Crippen LogP contribution in [0.1, 0.15) is 36.0 Å². The molecule has 2 aliphatic heterocycles. The fourth-order valence-electron chi connectivity index (χ4n) is 4.32. The molecule has 2 fully saturated rings. The third-order valence-electron chi connectivity index (χ3n) is 6.19. The molecule has 0 N–H and O–H groups in total. The number of ether oxygens (including phenoxy) is 3. The van der Waals surface area contributed by atoms with E-state index in [1.54, 1.807) is 36.5 Å². The molecule has 3 aliphatic rings. The Labute approximate surface area is 187 Å². The summed E-state index contributed by atoms with van der Waals surface area (Å²) in [6.45, 7) is 0.302.